The first-order valence-corrected chi connectivity index (χ1v) is 10.3. The zero-order valence-electron chi connectivity index (χ0n) is 14.8. The fourth-order valence-electron chi connectivity index (χ4n) is 3.48. The van der Waals surface area contributed by atoms with Gasteiger partial charge in [0.2, 0.25) is 16.8 Å². The van der Waals surface area contributed by atoms with Crippen LogP contribution in [0.4, 0.5) is 0 Å². The van der Waals surface area contributed by atoms with Crippen LogP contribution >= 0.6 is 0 Å². The van der Waals surface area contributed by atoms with E-state index < -0.39 is 10.0 Å². The molecule has 6 nitrogen and oxygen atoms in total. The summed E-state index contributed by atoms with van der Waals surface area (Å²) in [5.41, 5.74) is 2.14. The van der Waals surface area contributed by atoms with Crippen molar-refractivity contribution in [3.8, 4) is 11.5 Å². The number of sulfonamides is 1. The van der Waals surface area contributed by atoms with Crippen LogP contribution in [0.3, 0.4) is 0 Å². The van der Waals surface area contributed by atoms with Gasteiger partial charge >= 0.3 is 0 Å². The van der Waals surface area contributed by atoms with E-state index in [4.69, 9.17) is 9.47 Å². The summed E-state index contributed by atoms with van der Waals surface area (Å²) in [6.45, 7) is 5.70. The van der Waals surface area contributed by atoms with Crippen molar-refractivity contribution in [2.75, 3.05) is 33.0 Å². The number of quaternary nitrogens is 1. The quantitative estimate of drug-likeness (QED) is 0.859. The van der Waals surface area contributed by atoms with Crippen molar-refractivity contribution in [1.29, 1.82) is 0 Å². The largest absolute Gasteiger partial charge is 0.454 e. The highest BCUT2D eigenvalue weighted by Crippen LogP contribution is 2.32. The summed E-state index contributed by atoms with van der Waals surface area (Å²) in [5, 5.41) is 0. The van der Waals surface area contributed by atoms with Gasteiger partial charge in [-0.2, -0.15) is 4.31 Å². The Hall–Kier alpha value is -2.09. The van der Waals surface area contributed by atoms with Gasteiger partial charge in [0.05, 0.1) is 31.1 Å². The number of fused-ring (bicyclic) bond motifs is 1. The lowest BCUT2D eigenvalue weighted by molar-refractivity contribution is -0.917. The molecule has 0 bridgehead atoms. The molecule has 0 aliphatic carbocycles. The first kappa shape index (κ1) is 17.3. The highest BCUT2D eigenvalue weighted by atomic mass is 32.2. The molecule has 7 heteroatoms. The fraction of sp³-hybridized carbons (Fsp3) is 0.368. The SMILES string of the molecule is Cc1cccc(S(=O)(=O)N2CC[NH+](Cc3ccc4c(c3)OCO4)CC2)c1. The van der Waals surface area contributed by atoms with Crippen molar-refractivity contribution in [3.05, 3.63) is 53.6 Å². The van der Waals surface area contributed by atoms with Crippen LogP contribution in [0.2, 0.25) is 0 Å². The number of rotatable bonds is 4. The molecule has 0 atom stereocenters. The van der Waals surface area contributed by atoms with E-state index in [0.29, 0.717) is 18.0 Å². The summed E-state index contributed by atoms with van der Waals surface area (Å²) < 4.78 is 38.0. The van der Waals surface area contributed by atoms with Crippen molar-refractivity contribution in [1.82, 2.24) is 4.31 Å². The third kappa shape index (κ3) is 3.42. The Morgan fingerprint density at radius 3 is 2.58 bits per heavy atom. The van der Waals surface area contributed by atoms with Gasteiger partial charge in [-0.3, -0.25) is 0 Å². The van der Waals surface area contributed by atoms with Crippen molar-refractivity contribution >= 4 is 10.0 Å². The first-order valence-electron chi connectivity index (χ1n) is 8.81. The summed E-state index contributed by atoms with van der Waals surface area (Å²) in [7, 11) is -3.41. The van der Waals surface area contributed by atoms with E-state index in [1.807, 2.05) is 25.1 Å². The minimum Gasteiger partial charge on any atom is -0.454 e. The second kappa shape index (κ2) is 6.90. The topological polar surface area (TPSA) is 60.3 Å². The predicted octanol–water partition coefficient (Wildman–Crippen LogP) is 0.813. The van der Waals surface area contributed by atoms with E-state index >= 15 is 0 Å². The molecule has 138 valence electrons. The highest BCUT2D eigenvalue weighted by molar-refractivity contribution is 7.89. The molecule has 0 amide bonds. The van der Waals surface area contributed by atoms with Gasteiger partial charge in [0.1, 0.15) is 6.54 Å². The van der Waals surface area contributed by atoms with Crippen molar-refractivity contribution < 1.29 is 22.8 Å². The molecule has 0 radical (unpaired) electrons. The number of aryl methyl sites for hydroxylation is 1. The normalized spacial score (nSPS) is 18.2. The Bertz CT molecular complexity index is 906. The van der Waals surface area contributed by atoms with Gasteiger partial charge in [0, 0.05) is 5.56 Å². The van der Waals surface area contributed by atoms with Gasteiger partial charge in [-0.1, -0.05) is 12.1 Å². The van der Waals surface area contributed by atoms with Crippen LogP contribution < -0.4 is 14.4 Å². The van der Waals surface area contributed by atoms with Crippen molar-refractivity contribution in [2.24, 2.45) is 0 Å². The Labute approximate surface area is 154 Å². The smallest absolute Gasteiger partial charge is 0.243 e. The molecule has 1 N–H and O–H groups in total. The molecule has 0 saturated carbocycles. The molecule has 2 aliphatic heterocycles. The second-order valence-corrected chi connectivity index (χ2v) is 8.77. The Kier molecular flexibility index (Phi) is 4.60. The summed E-state index contributed by atoms with van der Waals surface area (Å²) >= 11 is 0. The summed E-state index contributed by atoms with van der Waals surface area (Å²) in [6, 6.07) is 13.1. The fourth-order valence-corrected chi connectivity index (χ4v) is 5.03. The van der Waals surface area contributed by atoms with Crippen LogP contribution in [0.15, 0.2) is 47.4 Å². The molecule has 0 spiro atoms. The summed E-state index contributed by atoms with van der Waals surface area (Å²) in [6.07, 6.45) is 0. The lowest BCUT2D eigenvalue weighted by Crippen LogP contribution is -3.13. The van der Waals surface area contributed by atoms with Crippen LogP contribution in [-0.2, 0) is 16.6 Å². The van der Waals surface area contributed by atoms with Gasteiger partial charge in [0.15, 0.2) is 11.5 Å². The molecule has 2 aromatic rings. The average Bonchev–Trinajstić information content (AvgIpc) is 3.10. The third-order valence-corrected chi connectivity index (χ3v) is 6.84. The van der Waals surface area contributed by atoms with Crippen LogP contribution in [0.1, 0.15) is 11.1 Å². The zero-order chi connectivity index (χ0) is 18.1. The van der Waals surface area contributed by atoms with Crippen LogP contribution in [0, 0.1) is 6.92 Å². The van der Waals surface area contributed by atoms with Crippen LogP contribution in [-0.4, -0.2) is 45.7 Å². The molecule has 1 fully saturated rings. The Morgan fingerprint density at radius 2 is 1.81 bits per heavy atom. The second-order valence-electron chi connectivity index (χ2n) is 6.83. The van der Waals surface area contributed by atoms with Crippen molar-refractivity contribution in [3.63, 3.8) is 0 Å². The Morgan fingerprint density at radius 1 is 1.04 bits per heavy atom. The minimum absolute atomic E-state index is 0.279. The monoisotopic (exact) mass is 375 g/mol. The van der Waals surface area contributed by atoms with Crippen molar-refractivity contribution in [2.45, 2.75) is 18.4 Å². The maximum Gasteiger partial charge on any atom is 0.243 e. The van der Waals surface area contributed by atoms with Crippen LogP contribution in [0.25, 0.3) is 0 Å². The van der Waals surface area contributed by atoms with Gasteiger partial charge < -0.3 is 14.4 Å². The molecule has 4 rings (SSSR count). The third-order valence-electron chi connectivity index (χ3n) is 4.95. The number of nitrogens with zero attached hydrogens (tertiary/aromatic N) is 1. The number of piperazine rings is 1. The number of ether oxygens (including phenoxy) is 2. The zero-order valence-corrected chi connectivity index (χ0v) is 15.6. The van der Waals surface area contributed by atoms with Gasteiger partial charge in [-0.25, -0.2) is 8.42 Å². The van der Waals surface area contributed by atoms with Crippen LogP contribution in [0.5, 0.6) is 11.5 Å². The first-order chi connectivity index (χ1) is 12.5. The number of nitrogens with one attached hydrogen (secondary N) is 1. The van der Waals surface area contributed by atoms with E-state index in [9.17, 15) is 8.42 Å². The molecular weight excluding hydrogens is 352 g/mol. The lowest BCUT2D eigenvalue weighted by atomic mass is 10.2. The number of benzene rings is 2. The summed E-state index contributed by atoms with van der Waals surface area (Å²) in [4.78, 5) is 1.76. The van der Waals surface area contributed by atoms with E-state index in [2.05, 4.69) is 6.07 Å². The maximum absolute atomic E-state index is 12.8. The molecule has 2 aliphatic rings. The van der Waals surface area contributed by atoms with E-state index in [-0.39, 0.29) is 6.79 Å². The van der Waals surface area contributed by atoms with Gasteiger partial charge in [-0.05, 0) is 42.8 Å². The minimum atomic E-state index is -3.41. The molecule has 0 unspecified atom stereocenters. The number of hydrogen-bond donors (Lipinski definition) is 1. The van der Waals surface area contributed by atoms with E-state index in [0.717, 1.165) is 36.7 Å². The molecule has 26 heavy (non-hydrogen) atoms. The lowest BCUT2D eigenvalue weighted by Gasteiger charge is -2.31. The summed E-state index contributed by atoms with van der Waals surface area (Å²) in [5.74, 6) is 1.58. The standard InChI is InChI=1S/C19H22N2O4S/c1-15-3-2-4-17(11-15)26(22,23)21-9-7-20(8-10-21)13-16-5-6-18-19(12-16)25-14-24-18/h2-6,11-12H,7-10,13-14H2,1H3/p+1. The maximum atomic E-state index is 12.8. The predicted molar refractivity (Wildman–Crippen MR) is 96.9 cm³/mol. The molecule has 1 saturated heterocycles. The van der Waals surface area contributed by atoms with E-state index in [1.165, 1.54) is 10.5 Å². The van der Waals surface area contributed by atoms with E-state index in [1.54, 1.807) is 22.5 Å². The molecule has 2 aromatic carbocycles. The van der Waals surface area contributed by atoms with Gasteiger partial charge in [-0.15, -0.1) is 0 Å². The number of hydrogen-bond acceptors (Lipinski definition) is 4. The van der Waals surface area contributed by atoms with Gasteiger partial charge in [0.25, 0.3) is 0 Å². The highest BCUT2D eigenvalue weighted by Gasteiger charge is 2.30. The molecule has 2 heterocycles. The average molecular weight is 375 g/mol. The molecule has 0 aromatic heterocycles. The Balaban J connectivity index is 1.39. The molecular formula is C19H23N2O4S+.